The highest BCUT2D eigenvalue weighted by molar-refractivity contribution is 5.69. The van der Waals surface area contributed by atoms with Crippen LogP contribution in [0.1, 0.15) is 27.2 Å². The molecule has 2 atom stereocenters. The Morgan fingerprint density at radius 1 is 1.62 bits per heavy atom. The van der Waals surface area contributed by atoms with E-state index in [0.717, 1.165) is 0 Å². The molecule has 1 amide bonds. The molecule has 0 aromatic rings. The molecule has 0 radical (unpaired) electrons. The summed E-state index contributed by atoms with van der Waals surface area (Å²) in [4.78, 5) is 13.2. The Labute approximate surface area is 95.6 Å². The van der Waals surface area contributed by atoms with Crippen molar-refractivity contribution < 1.29 is 14.6 Å². The summed E-state index contributed by atoms with van der Waals surface area (Å²) < 4.78 is 5.21. The van der Waals surface area contributed by atoms with Gasteiger partial charge in [-0.3, -0.25) is 0 Å². The lowest BCUT2D eigenvalue weighted by Crippen LogP contribution is -2.41. The Balaban J connectivity index is 2.65. The Kier molecular flexibility index (Phi) is 3.76. The molecule has 0 aromatic carbocycles. The molecule has 0 saturated carbocycles. The maximum absolute atomic E-state index is 11.8. The fourth-order valence-electron chi connectivity index (χ4n) is 1.73. The lowest BCUT2D eigenvalue weighted by atomic mass is 10.1. The molecule has 0 spiro atoms. The summed E-state index contributed by atoms with van der Waals surface area (Å²) in [5.74, 6) is -0.204. The fraction of sp³-hybridized carbons (Fsp3) is 0.818. The highest BCUT2D eigenvalue weighted by atomic mass is 16.6. The number of nitrogens with zero attached hydrogens (tertiary/aromatic N) is 2. The van der Waals surface area contributed by atoms with Crippen molar-refractivity contribution in [3.05, 3.63) is 0 Å². The summed E-state index contributed by atoms with van der Waals surface area (Å²) in [6.07, 6.45) is 0.0657. The van der Waals surface area contributed by atoms with Crippen LogP contribution in [0.5, 0.6) is 0 Å². The summed E-state index contributed by atoms with van der Waals surface area (Å²) in [7, 11) is 0. The highest BCUT2D eigenvalue weighted by Crippen LogP contribution is 2.24. The maximum atomic E-state index is 11.8. The van der Waals surface area contributed by atoms with Crippen LogP contribution in [0.25, 0.3) is 0 Å². The van der Waals surface area contributed by atoms with E-state index in [9.17, 15) is 4.79 Å². The van der Waals surface area contributed by atoms with Crippen molar-refractivity contribution in [1.82, 2.24) is 4.90 Å². The van der Waals surface area contributed by atoms with E-state index in [1.165, 1.54) is 4.90 Å². The predicted molar refractivity (Wildman–Crippen MR) is 57.5 cm³/mol. The minimum atomic E-state index is -0.554. The summed E-state index contributed by atoms with van der Waals surface area (Å²) in [6.45, 7) is 5.58. The zero-order chi connectivity index (χ0) is 12.3. The van der Waals surface area contributed by atoms with Crippen molar-refractivity contribution in [1.29, 1.82) is 5.26 Å². The van der Waals surface area contributed by atoms with Crippen molar-refractivity contribution in [2.24, 2.45) is 5.92 Å². The third-order valence-electron chi connectivity index (χ3n) is 2.44. The van der Waals surface area contributed by atoms with Gasteiger partial charge in [0, 0.05) is 6.54 Å². The fourth-order valence-corrected chi connectivity index (χ4v) is 1.73. The monoisotopic (exact) mass is 226 g/mol. The molecule has 0 aromatic heterocycles. The van der Waals surface area contributed by atoms with Crippen LogP contribution in [-0.4, -0.2) is 40.9 Å². The maximum Gasteiger partial charge on any atom is 0.410 e. The van der Waals surface area contributed by atoms with Gasteiger partial charge in [-0.05, 0) is 27.2 Å². The molecule has 0 bridgehead atoms. The average molecular weight is 226 g/mol. The number of carbonyl (C=O) groups is 1. The molecule has 1 N–H and O–H groups in total. The molecule has 1 saturated heterocycles. The van der Waals surface area contributed by atoms with Gasteiger partial charge in [-0.25, -0.2) is 4.79 Å². The Hall–Kier alpha value is -1.28. The second kappa shape index (κ2) is 4.71. The van der Waals surface area contributed by atoms with E-state index in [1.807, 2.05) is 0 Å². The number of amides is 1. The third kappa shape index (κ3) is 3.11. The number of hydrogen-bond acceptors (Lipinski definition) is 4. The van der Waals surface area contributed by atoms with E-state index in [0.29, 0.717) is 13.0 Å². The molecule has 5 heteroatoms. The van der Waals surface area contributed by atoms with Crippen LogP contribution in [0.2, 0.25) is 0 Å². The Bertz CT molecular complexity index is 303. The van der Waals surface area contributed by atoms with Crippen LogP contribution >= 0.6 is 0 Å². The number of aliphatic hydroxyl groups excluding tert-OH is 1. The zero-order valence-electron chi connectivity index (χ0n) is 9.93. The van der Waals surface area contributed by atoms with Gasteiger partial charge in [0.05, 0.1) is 24.6 Å². The highest BCUT2D eigenvalue weighted by Gasteiger charge is 2.37. The Morgan fingerprint density at radius 2 is 2.25 bits per heavy atom. The number of aliphatic hydroxyl groups is 1. The zero-order valence-corrected chi connectivity index (χ0v) is 9.93. The second-order valence-electron chi connectivity index (χ2n) is 5.03. The minimum Gasteiger partial charge on any atom is -0.444 e. The van der Waals surface area contributed by atoms with Crippen molar-refractivity contribution in [2.45, 2.75) is 38.8 Å². The number of likely N-dealkylation sites (tertiary alicyclic amines) is 1. The van der Waals surface area contributed by atoms with Gasteiger partial charge in [-0.2, -0.15) is 5.26 Å². The summed E-state index contributed by atoms with van der Waals surface area (Å²) >= 11 is 0. The smallest absolute Gasteiger partial charge is 0.410 e. The third-order valence-corrected chi connectivity index (χ3v) is 2.44. The van der Waals surface area contributed by atoms with Gasteiger partial charge in [0.15, 0.2) is 0 Å². The van der Waals surface area contributed by atoms with Crippen LogP contribution in [0, 0.1) is 17.2 Å². The number of carbonyl (C=O) groups excluding carboxylic acids is 1. The van der Waals surface area contributed by atoms with E-state index in [4.69, 9.17) is 15.1 Å². The quantitative estimate of drug-likeness (QED) is 0.727. The van der Waals surface area contributed by atoms with Gasteiger partial charge >= 0.3 is 6.09 Å². The van der Waals surface area contributed by atoms with Crippen molar-refractivity contribution in [2.75, 3.05) is 13.2 Å². The lowest BCUT2D eigenvalue weighted by molar-refractivity contribution is 0.0174. The molecule has 1 aliphatic rings. The van der Waals surface area contributed by atoms with E-state index in [-0.39, 0.29) is 18.6 Å². The summed E-state index contributed by atoms with van der Waals surface area (Å²) in [5, 5.41) is 17.9. The summed E-state index contributed by atoms with van der Waals surface area (Å²) in [6, 6.07) is 1.82. The largest absolute Gasteiger partial charge is 0.444 e. The molecular weight excluding hydrogens is 208 g/mol. The topological polar surface area (TPSA) is 73.6 Å². The molecule has 16 heavy (non-hydrogen) atoms. The van der Waals surface area contributed by atoms with Gasteiger partial charge in [-0.1, -0.05) is 0 Å². The SMILES string of the molecule is CC(C)(C)OC(=O)N1C[C@@H](C#N)C[C@@H]1CO. The molecule has 1 aliphatic heterocycles. The van der Waals surface area contributed by atoms with Crippen LogP contribution in [0.4, 0.5) is 4.79 Å². The van der Waals surface area contributed by atoms with Crippen LogP contribution in [0.15, 0.2) is 0 Å². The average Bonchev–Trinajstić information content (AvgIpc) is 2.58. The molecule has 5 nitrogen and oxygen atoms in total. The van der Waals surface area contributed by atoms with Crippen molar-refractivity contribution in [3.8, 4) is 6.07 Å². The van der Waals surface area contributed by atoms with Crippen LogP contribution < -0.4 is 0 Å². The summed E-state index contributed by atoms with van der Waals surface area (Å²) in [5.41, 5.74) is -0.554. The number of rotatable bonds is 1. The number of ether oxygens (including phenoxy) is 1. The number of nitriles is 1. The van der Waals surface area contributed by atoms with Crippen molar-refractivity contribution in [3.63, 3.8) is 0 Å². The van der Waals surface area contributed by atoms with Crippen LogP contribution in [0.3, 0.4) is 0 Å². The molecule has 0 aliphatic carbocycles. The first kappa shape index (κ1) is 12.8. The van der Waals surface area contributed by atoms with E-state index >= 15 is 0 Å². The molecule has 1 rings (SSSR count). The van der Waals surface area contributed by atoms with Gasteiger partial charge < -0.3 is 14.7 Å². The Morgan fingerprint density at radius 3 is 2.69 bits per heavy atom. The molecule has 1 heterocycles. The predicted octanol–water partition coefficient (Wildman–Crippen LogP) is 1.13. The molecule has 0 unspecified atom stereocenters. The lowest BCUT2D eigenvalue weighted by Gasteiger charge is -2.27. The van der Waals surface area contributed by atoms with Gasteiger partial charge in [0.2, 0.25) is 0 Å². The normalized spacial score (nSPS) is 25.3. The van der Waals surface area contributed by atoms with E-state index in [2.05, 4.69) is 6.07 Å². The molecule has 90 valence electrons. The second-order valence-corrected chi connectivity index (χ2v) is 5.03. The number of hydrogen-bond donors (Lipinski definition) is 1. The van der Waals surface area contributed by atoms with E-state index in [1.54, 1.807) is 20.8 Å². The standard InChI is InChI=1S/C11H18N2O3/c1-11(2,3)16-10(15)13-6-8(5-12)4-9(13)7-14/h8-9,14H,4,6-7H2,1-3H3/t8-,9-/m1/s1. The molecular formula is C11H18N2O3. The minimum absolute atomic E-state index is 0.128. The van der Waals surface area contributed by atoms with Gasteiger partial charge in [0.1, 0.15) is 5.60 Å². The first-order chi connectivity index (χ1) is 7.37. The first-order valence-electron chi connectivity index (χ1n) is 5.37. The van der Waals surface area contributed by atoms with Crippen molar-refractivity contribution >= 4 is 6.09 Å². The van der Waals surface area contributed by atoms with Gasteiger partial charge in [-0.15, -0.1) is 0 Å². The molecule has 1 fully saturated rings. The van der Waals surface area contributed by atoms with E-state index < -0.39 is 11.7 Å². The van der Waals surface area contributed by atoms with Crippen LogP contribution in [-0.2, 0) is 4.74 Å². The van der Waals surface area contributed by atoms with Gasteiger partial charge in [0.25, 0.3) is 0 Å². The first-order valence-corrected chi connectivity index (χ1v) is 5.37.